The van der Waals surface area contributed by atoms with Gasteiger partial charge in [-0.15, -0.1) is 0 Å². The fourth-order valence-electron chi connectivity index (χ4n) is 4.26. The normalized spacial score (nSPS) is 13.3. The van der Waals surface area contributed by atoms with E-state index in [1.807, 2.05) is 36.4 Å². The molecule has 0 bridgehead atoms. The summed E-state index contributed by atoms with van der Waals surface area (Å²) in [5.74, 6) is -0.801. The molecule has 4 heteroatoms. The van der Waals surface area contributed by atoms with Crippen molar-refractivity contribution < 1.29 is 15.0 Å². The van der Waals surface area contributed by atoms with Crippen molar-refractivity contribution >= 4 is 5.97 Å². The second-order valence-electron chi connectivity index (χ2n) is 9.19. The van der Waals surface area contributed by atoms with Crippen LogP contribution in [0.5, 0.6) is 0 Å². The van der Waals surface area contributed by atoms with E-state index >= 15 is 0 Å². The number of rotatable bonds is 10. The van der Waals surface area contributed by atoms with Crippen LogP contribution in [-0.4, -0.2) is 39.7 Å². The maximum atomic E-state index is 12.1. The van der Waals surface area contributed by atoms with Gasteiger partial charge in [0, 0.05) is 18.0 Å². The summed E-state index contributed by atoms with van der Waals surface area (Å²) in [5.41, 5.74) is 2.75. The number of aliphatic hydroxyl groups is 1. The molecule has 0 aliphatic carbocycles. The zero-order valence-electron chi connectivity index (χ0n) is 19.2. The van der Waals surface area contributed by atoms with Crippen LogP contribution in [0.1, 0.15) is 76.1 Å². The summed E-state index contributed by atoms with van der Waals surface area (Å²) < 4.78 is 0. The molecule has 0 saturated carbocycles. The number of benzene rings is 2. The summed E-state index contributed by atoms with van der Waals surface area (Å²) >= 11 is 0. The number of carbonyl (C=O) groups is 1. The second-order valence-corrected chi connectivity index (χ2v) is 9.19. The predicted molar refractivity (Wildman–Crippen MR) is 123 cm³/mol. The molecule has 2 aromatic carbocycles. The summed E-state index contributed by atoms with van der Waals surface area (Å²) in [7, 11) is 0. The summed E-state index contributed by atoms with van der Waals surface area (Å²) in [6.45, 7) is 13.2. The molecule has 0 heterocycles. The van der Waals surface area contributed by atoms with Crippen molar-refractivity contribution in [3.05, 3.63) is 70.8 Å². The Bertz CT molecular complexity index is 819. The molecule has 0 aliphatic rings. The van der Waals surface area contributed by atoms with E-state index in [2.05, 4.69) is 44.7 Å². The first-order valence-corrected chi connectivity index (χ1v) is 10.9. The lowest BCUT2D eigenvalue weighted by Gasteiger charge is -2.33. The molecular weight excluding hydrogens is 374 g/mol. The van der Waals surface area contributed by atoms with Gasteiger partial charge in [-0.1, -0.05) is 48.5 Å². The maximum absolute atomic E-state index is 12.1. The number of nitrogens with zero attached hydrogens (tertiary/aromatic N) is 1. The lowest BCUT2D eigenvalue weighted by molar-refractivity contribution is -0.142. The van der Waals surface area contributed by atoms with Gasteiger partial charge in [-0.25, -0.2) is 0 Å². The zero-order valence-corrected chi connectivity index (χ0v) is 19.2. The zero-order chi connectivity index (χ0) is 22.5. The van der Waals surface area contributed by atoms with E-state index in [1.54, 1.807) is 13.8 Å². The van der Waals surface area contributed by atoms with Crippen molar-refractivity contribution in [1.29, 1.82) is 0 Å². The average Bonchev–Trinajstić information content (AvgIpc) is 2.70. The minimum Gasteiger partial charge on any atom is -0.481 e. The first-order chi connectivity index (χ1) is 14.1. The van der Waals surface area contributed by atoms with E-state index in [0.717, 1.165) is 29.7 Å². The highest BCUT2D eigenvalue weighted by molar-refractivity contribution is 5.81. The highest BCUT2D eigenvalue weighted by Gasteiger charge is 2.34. The van der Waals surface area contributed by atoms with Gasteiger partial charge in [0.15, 0.2) is 0 Å². The summed E-state index contributed by atoms with van der Waals surface area (Å²) in [6, 6.07) is 16.9. The Labute approximate surface area is 181 Å². The highest BCUT2D eigenvalue weighted by Crippen LogP contribution is 2.37. The van der Waals surface area contributed by atoms with E-state index in [4.69, 9.17) is 0 Å². The van der Waals surface area contributed by atoms with Crippen LogP contribution < -0.4 is 0 Å². The molecule has 0 aromatic heterocycles. The molecule has 0 fully saturated rings. The van der Waals surface area contributed by atoms with Gasteiger partial charge in [-0.2, -0.15) is 0 Å². The van der Waals surface area contributed by atoms with Gasteiger partial charge < -0.3 is 10.2 Å². The van der Waals surface area contributed by atoms with Gasteiger partial charge in [-0.3, -0.25) is 9.69 Å². The van der Waals surface area contributed by atoms with Crippen molar-refractivity contribution in [3.63, 3.8) is 0 Å². The van der Waals surface area contributed by atoms with Gasteiger partial charge in [0.25, 0.3) is 0 Å². The first-order valence-electron chi connectivity index (χ1n) is 10.9. The van der Waals surface area contributed by atoms with Crippen molar-refractivity contribution in [1.82, 2.24) is 4.90 Å². The number of aliphatic hydroxyl groups excluding tert-OH is 1. The quantitative estimate of drug-likeness (QED) is 0.565. The molecule has 2 rings (SSSR count). The van der Waals surface area contributed by atoms with E-state index in [9.17, 15) is 15.0 Å². The molecule has 0 amide bonds. The van der Waals surface area contributed by atoms with Gasteiger partial charge in [0.2, 0.25) is 0 Å². The highest BCUT2D eigenvalue weighted by atomic mass is 16.4. The standard InChI is InChI=1S/C26H37NO3/c1-18(2)27(19(3)4)15-14-22(21-10-8-7-9-11-21)23-16-20(17-28)12-13-24(23)26(5,6)25(29)30/h7-13,16,18-19,22,28H,14-15,17H2,1-6H3,(H,29,30)/t22-/m1/s1. The molecule has 2 N–H and O–H groups in total. The third kappa shape index (κ3) is 5.50. The van der Waals surface area contributed by atoms with Crippen LogP contribution in [0, 0.1) is 0 Å². The van der Waals surface area contributed by atoms with E-state index in [-0.39, 0.29) is 12.5 Å². The Hall–Kier alpha value is -2.17. The lowest BCUT2D eigenvalue weighted by Crippen LogP contribution is -2.38. The Balaban J connectivity index is 2.59. The van der Waals surface area contributed by atoms with Gasteiger partial charge in [-0.05, 0) is 76.8 Å². The van der Waals surface area contributed by atoms with Crippen LogP contribution in [-0.2, 0) is 16.8 Å². The van der Waals surface area contributed by atoms with Crippen LogP contribution in [0.25, 0.3) is 0 Å². The molecule has 164 valence electrons. The Morgan fingerprint density at radius 3 is 2.10 bits per heavy atom. The van der Waals surface area contributed by atoms with Crippen LogP contribution >= 0.6 is 0 Å². The SMILES string of the molecule is CC(C)N(CC[C@H](c1ccccc1)c1cc(CO)ccc1C(C)(C)C(=O)O)C(C)C. The van der Waals surface area contributed by atoms with E-state index in [0.29, 0.717) is 12.1 Å². The summed E-state index contributed by atoms with van der Waals surface area (Å²) in [5, 5.41) is 19.7. The minimum atomic E-state index is -1.02. The fourth-order valence-corrected chi connectivity index (χ4v) is 4.26. The van der Waals surface area contributed by atoms with Crippen LogP contribution in [0.15, 0.2) is 48.5 Å². The van der Waals surface area contributed by atoms with Crippen molar-refractivity contribution in [3.8, 4) is 0 Å². The monoisotopic (exact) mass is 411 g/mol. The van der Waals surface area contributed by atoms with Gasteiger partial charge in [0.05, 0.1) is 12.0 Å². The molecular formula is C26H37NO3. The van der Waals surface area contributed by atoms with Gasteiger partial charge >= 0.3 is 5.97 Å². The third-order valence-electron chi connectivity index (χ3n) is 6.09. The molecule has 1 atom stereocenters. The topological polar surface area (TPSA) is 60.8 Å². The number of hydrogen-bond acceptors (Lipinski definition) is 3. The van der Waals surface area contributed by atoms with Crippen LogP contribution in [0.3, 0.4) is 0 Å². The third-order valence-corrected chi connectivity index (χ3v) is 6.09. The molecule has 0 spiro atoms. The lowest BCUT2D eigenvalue weighted by atomic mass is 9.75. The van der Waals surface area contributed by atoms with E-state index in [1.165, 1.54) is 5.56 Å². The summed E-state index contributed by atoms with van der Waals surface area (Å²) in [4.78, 5) is 14.5. The average molecular weight is 412 g/mol. The van der Waals surface area contributed by atoms with Gasteiger partial charge in [0.1, 0.15) is 0 Å². The number of aliphatic carboxylic acids is 1. The number of hydrogen-bond donors (Lipinski definition) is 2. The molecule has 0 radical (unpaired) electrons. The second kappa shape index (κ2) is 10.2. The van der Waals surface area contributed by atoms with Crippen molar-refractivity contribution in [2.45, 2.75) is 78.0 Å². The number of carboxylic acid groups (broad SMARTS) is 1. The number of carboxylic acids is 1. The van der Waals surface area contributed by atoms with E-state index < -0.39 is 11.4 Å². The maximum Gasteiger partial charge on any atom is 0.313 e. The molecule has 2 aromatic rings. The minimum absolute atomic E-state index is 0.0475. The molecule has 30 heavy (non-hydrogen) atoms. The Kier molecular flexibility index (Phi) is 8.22. The Morgan fingerprint density at radius 1 is 1.00 bits per heavy atom. The van der Waals surface area contributed by atoms with Crippen molar-refractivity contribution in [2.24, 2.45) is 0 Å². The predicted octanol–water partition coefficient (Wildman–Crippen LogP) is 5.18. The smallest absolute Gasteiger partial charge is 0.313 e. The molecule has 0 saturated heterocycles. The fraction of sp³-hybridized carbons (Fsp3) is 0.500. The first kappa shape index (κ1) is 24.1. The summed E-state index contributed by atoms with van der Waals surface area (Å²) in [6.07, 6.45) is 0.873. The van der Waals surface area contributed by atoms with Crippen LogP contribution in [0.2, 0.25) is 0 Å². The van der Waals surface area contributed by atoms with Crippen molar-refractivity contribution in [2.75, 3.05) is 6.54 Å². The van der Waals surface area contributed by atoms with Crippen LogP contribution in [0.4, 0.5) is 0 Å². The largest absolute Gasteiger partial charge is 0.481 e. The molecule has 0 unspecified atom stereocenters. The molecule has 4 nitrogen and oxygen atoms in total. The Morgan fingerprint density at radius 2 is 1.60 bits per heavy atom. The molecule has 0 aliphatic heterocycles.